The molecule has 0 bridgehead atoms. The van der Waals surface area contributed by atoms with Crippen LogP contribution in [0.2, 0.25) is 0 Å². The van der Waals surface area contributed by atoms with Crippen molar-refractivity contribution in [2.75, 3.05) is 0 Å². The van der Waals surface area contributed by atoms with Gasteiger partial charge in [-0.05, 0) is 0 Å². The monoisotopic (exact) mass is 258 g/mol. The fourth-order valence-corrected chi connectivity index (χ4v) is 0. The van der Waals surface area contributed by atoms with Gasteiger partial charge >= 0.3 is 26.2 Å². The maximum atomic E-state index is 8.52. The van der Waals surface area contributed by atoms with Gasteiger partial charge in [0.1, 0.15) is 0 Å². The summed E-state index contributed by atoms with van der Waals surface area (Å²) in [7, 11) is -5.17. The zero-order valence-electron chi connectivity index (χ0n) is 4.54. The molecule has 0 aromatic carbocycles. The van der Waals surface area contributed by atoms with Crippen molar-refractivity contribution < 1.29 is 65.6 Å². The summed E-state index contributed by atoms with van der Waals surface area (Å²) in [6.07, 6.45) is 0. The van der Waals surface area contributed by atoms with Crippen molar-refractivity contribution in [3.05, 3.63) is 0 Å². The van der Waals surface area contributed by atoms with Gasteiger partial charge in [0.05, 0.1) is 0 Å². The van der Waals surface area contributed by atoms with E-state index < -0.39 is 10.4 Å². The van der Waals surface area contributed by atoms with Crippen molar-refractivity contribution in [3.63, 3.8) is 0 Å². The van der Waals surface area contributed by atoms with Gasteiger partial charge in [0.2, 0.25) is 0 Å². The van der Waals surface area contributed by atoms with Gasteiger partial charge in [0.25, 0.3) is 0 Å². The number of hydrogen-bond donors (Lipinski definition) is 0. The molecule has 0 rings (SSSR count). The summed E-state index contributed by atoms with van der Waals surface area (Å²) < 4.78 is 34.1. The topological polar surface area (TPSA) is 206 Å². The summed E-state index contributed by atoms with van der Waals surface area (Å²) in [6.45, 7) is 0. The largest absolute Gasteiger partial charge is 4.00 e. The van der Waals surface area contributed by atoms with Crippen LogP contribution in [0, 0.1) is 0 Å². The molecule has 10 heteroatoms. The van der Waals surface area contributed by atoms with Gasteiger partial charge in [-0.1, -0.05) is 0 Å². The Morgan fingerprint density at radius 3 is 0.800 bits per heavy atom. The van der Waals surface area contributed by atoms with Gasteiger partial charge in [0, 0.05) is 10.4 Å². The molecule has 0 aliphatic heterocycles. The molecule has 0 aromatic heterocycles. The van der Waals surface area contributed by atoms with E-state index in [-0.39, 0.29) is 48.1 Å². The molecule has 0 saturated carbocycles. The van der Waals surface area contributed by atoms with Gasteiger partial charge in [-0.15, -0.1) is 0 Å². The van der Waals surface area contributed by atoms with Crippen LogP contribution in [0.3, 0.4) is 0 Å². The van der Waals surface area contributed by atoms with E-state index in [2.05, 4.69) is 0 Å². The Kier molecular flexibility index (Phi) is 75.3. The molecule has 10 heavy (non-hydrogen) atoms. The van der Waals surface area contributed by atoms with Gasteiger partial charge in [-0.2, -0.15) is 0 Å². The number of hydrogen-bond acceptors (Lipinski definition) is 4. The van der Waals surface area contributed by atoms with Crippen molar-refractivity contribution in [2.24, 2.45) is 0 Å². The molecule has 0 aromatic rings. The fraction of sp³-hybridized carbons (Fsp3) is 0. The van der Waals surface area contributed by atoms with Gasteiger partial charge in [0.15, 0.2) is 0 Å². The normalized spacial score (nSPS) is 5.80. The third kappa shape index (κ3) is 1410. The molecule has 8 nitrogen and oxygen atoms in total. The molecule has 0 aliphatic rings. The molecule has 8 N–H and O–H groups in total. The molecular formula is H8O8SZr+2. The van der Waals surface area contributed by atoms with E-state index >= 15 is 0 Å². The predicted molar refractivity (Wildman–Crippen MR) is 24.9 cm³/mol. The second-order valence-corrected chi connectivity index (χ2v) is 1.22. The second kappa shape index (κ2) is 16.3. The second-order valence-electron chi connectivity index (χ2n) is 0.408. The summed E-state index contributed by atoms with van der Waals surface area (Å²) in [4.78, 5) is 0. The van der Waals surface area contributed by atoms with Crippen LogP contribution < -0.4 is 0 Å². The van der Waals surface area contributed by atoms with Crippen LogP contribution in [-0.2, 0) is 36.6 Å². The SMILES string of the molecule is O.O.O.O.O=S(=O)([O-])[O-].[Zr+4]. The van der Waals surface area contributed by atoms with Crippen molar-refractivity contribution in [2.45, 2.75) is 0 Å². The first-order valence-electron chi connectivity index (χ1n) is 0.667. The van der Waals surface area contributed by atoms with E-state index in [0.717, 1.165) is 0 Å². The van der Waals surface area contributed by atoms with Crippen molar-refractivity contribution in [1.82, 2.24) is 0 Å². The fourth-order valence-electron chi connectivity index (χ4n) is 0. The Morgan fingerprint density at radius 1 is 0.800 bits per heavy atom. The smallest absolute Gasteiger partial charge is 0.759 e. The van der Waals surface area contributed by atoms with Crippen molar-refractivity contribution >= 4 is 10.4 Å². The maximum Gasteiger partial charge on any atom is 4.00 e. The van der Waals surface area contributed by atoms with E-state index in [0.29, 0.717) is 0 Å². The third-order valence-electron chi connectivity index (χ3n) is 0. The van der Waals surface area contributed by atoms with E-state index in [9.17, 15) is 0 Å². The Bertz CT molecular complexity index is 92.4. The first kappa shape index (κ1) is 46.2. The van der Waals surface area contributed by atoms with Crippen molar-refractivity contribution in [1.29, 1.82) is 0 Å². The zero-order chi connectivity index (χ0) is 4.50. The first-order valence-corrected chi connectivity index (χ1v) is 2.00. The van der Waals surface area contributed by atoms with E-state index in [1.54, 1.807) is 0 Å². The van der Waals surface area contributed by atoms with Crippen LogP contribution in [0.4, 0.5) is 0 Å². The molecule has 0 aliphatic carbocycles. The van der Waals surface area contributed by atoms with Crippen LogP contribution in [-0.4, -0.2) is 39.4 Å². The summed E-state index contributed by atoms with van der Waals surface area (Å²) in [6, 6.07) is 0. The molecular weight excluding hydrogens is 251 g/mol. The first-order chi connectivity index (χ1) is 2.00. The maximum absolute atomic E-state index is 8.52. The minimum atomic E-state index is -5.17. The van der Waals surface area contributed by atoms with E-state index in [1.807, 2.05) is 0 Å². The Morgan fingerprint density at radius 2 is 0.800 bits per heavy atom. The molecule has 0 heterocycles. The van der Waals surface area contributed by atoms with Crippen LogP contribution in [0.5, 0.6) is 0 Å². The van der Waals surface area contributed by atoms with Crippen molar-refractivity contribution in [3.8, 4) is 0 Å². The molecule has 0 spiro atoms. The Labute approximate surface area is 76.2 Å². The van der Waals surface area contributed by atoms with E-state index in [1.165, 1.54) is 0 Å². The minimum absolute atomic E-state index is 0. The Hall–Kier alpha value is 0.593. The van der Waals surface area contributed by atoms with Crippen LogP contribution >= 0.6 is 0 Å². The molecule has 0 radical (unpaired) electrons. The minimum Gasteiger partial charge on any atom is -0.759 e. The molecule has 0 atom stereocenters. The van der Waals surface area contributed by atoms with Crippen LogP contribution in [0.1, 0.15) is 0 Å². The Balaban J connectivity index is -0.00000000800. The van der Waals surface area contributed by atoms with Gasteiger partial charge in [-0.25, -0.2) is 0 Å². The third-order valence-corrected chi connectivity index (χ3v) is 0. The quantitative estimate of drug-likeness (QED) is 0.310. The zero-order valence-corrected chi connectivity index (χ0v) is 7.82. The average molecular weight is 259 g/mol. The van der Waals surface area contributed by atoms with Gasteiger partial charge in [-0.3, -0.25) is 8.42 Å². The van der Waals surface area contributed by atoms with Crippen LogP contribution in [0.15, 0.2) is 0 Å². The van der Waals surface area contributed by atoms with Crippen LogP contribution in [0.25, 0.3) is 0 Å². The molecule has 0 unspecified atom stereocenters. The average Bonchev–Trinajstić information content (AvgIpc) is 0.722. The summed E-state index contributed by atoms with van der Waals surface area (Å²) >= 11 is 0. The summed E-state index contributed by atoms with van der Waals surface area (Å²) in [5, 5.41) is 0. The standard InChI is InChI=1S/H2O4S.4H2O.Zr/c1-5(2,3)4;;;;;/h(H2,1,2,3,4);4*1H2;/q;;;;;+4/p-2. The predicted octanol–water partition coefficient (Wildman–Crippen LogP) is -4.64. The summed E-state index contributed by atoms with van der Waals surface area (Å²) in [5.74, 6) is 0. The summed E-state index contributed by atoms with van der Waals surface area (Å²) in [5.41, 5.74) is 0. The molecule has 0 amide bonds. The molecule has 64 valence electrons. The molecule has 0 saturated heterocycles. The number of rotatable bonds is 0. The van der Waals surface area contributed by atoms with Gasteiger partial charge < -0.3 is 31.0 Å². The van der Waals surface area contributed by atoms with E-state index in [4.69, 9.17) is 17.5 Å². The molecule has 0 fully saturated rings.